The quantitative estimate of drug-likeness (QED) is 0.296. The van der Waals surface area contributed by atoms with Crippen molar-refractivity contribution in [2.75, 3.05) is 26.2 Å². The summed E-state index contributed by atoms with van der Waals surface area (Å²) in [5.41, 5.74) is 2.56. The second-order valence-electron chi connectivity index (χ2n) is 13.2. The van der Waals surface area contributed by atoms with Gasteiger partial charge in [0.15, 0.2) is 0 Å². The van der Waals surface area contributed by atoms with Crippen LogP contribution in [-0.2, 0) is 12.7 Å². The number of para-hydroxylation sites is 1. The number of pyridine rings is 1. The Morgan fingerprint density at radius 2 is 1.55 bits per heavy atom. The molecule has 2 aliphatic heterocycles. The molecule has 1 aromatic heterocycles. The number of nitrogens with one attached hydrogen (secondary N) is 1. The van der Waals surface area contributed by atoms with Crippen LogP contribution in [0.3, 0.4) is 0 Å². The van der Waals surface area contributed by atoms with Gasteiger partial charge < -0.3 is 10.2 Å². The van der Waals surface area contributed by atoms with Crippen LogP contribution in [0.5, 0.6) is 0 Å². The number of amides is 1. The summed E-state index contributed by atoms with van der Waals surface area (Å²) in [7, 11) is 0. The van der Waals surface area contributed by atoms with Crippen LogP contribution in [0.2, 0.25) is 0 Å². The lowest BCUT2D eigenvalue weighted by molar-refractivity contribution is -0.137. The highest BCUT2D eigenvalue weighted by Crippen LogP contribution is 2.36. The van der Waals surface area contributed by atoms with E-state index in [2.05, 4.69) is 22.0 Å². The summed E-state index contributed by atoms with van der Waals surface area (Å²) >= 11 is 0. The van der Waals surface area contributed by atoms with Gasteiger partial charge in [0.25, 0.3) is 5.91 Å². The van der Waals surface area contributed by atoms with Gasteiger partial charge in [-0.2, -0.15) is 13.2 Å². The second kappa shape index (κ2) is 13.6. The highest BCUT2D eigenvalue weighted by molar-refractivity contribution is 6.09. The highest BCUT2D eigenvalue weighted by Gasteiger charge is 2.32. The molecule has 3 aliphatic rings. The lowest BCUT2D eigenvalue weighted by atomic mass is 9.84. The number of nitrogens with zero attached hydrogens (tertiary/aromatic N) is 3. The number of alkyl halides is 3. The number of hydrogen-bond acceptors (Lipinski definition) is 4. The maximum atomic E-state index is 14.3. The zero-order valence-electron chi connectivity index (χ0n) is 25.8. The van der Waals surface area contributed by atoms with Crippen LogP contribution in [0, 0.1) is 5.92 Å². The fraction of sp³-hybridized carbons (Fsp3) is 0.556. The van der Waals surface area contributed by atoms with E-state index in [0.29, 0.717) is 40.8 Å². The molecular weight excluding hydrogens is 561 g/mol. The number of fused-ring (bicyclic) bond motifs is 1. The van der Waals surface area contributed by atoms with Crippen LogP contribution in [0.25, 0.3) is 22.2 Å². The molecule has 236 valence electrons. The van der Waals surface area contributed by atoms with Crippen molar-refractivity contribution in [1.29, 1.82) is 0 Å². The van der Waals surface area contributed by atoms with Gasteiger partial charge in [-0.25, -0.2) is 4.98 Å². The van der Waals surface area contributed by atoms with E-state index in [1.807, 2.05) is 24.3 Å². The predicted octanol–water partition coefficient (Wildman–Crippen LogP) is 8.07. The van der Waals surface area contributed by atoms with Crippen molar-refractivity contribution >= 4 is 16.8 Å². The minimum absolute atomic E-state index is 0.0392. The number of carbonyl (C=O) groups excluding carboxylic acids is 1. The van der Waals surface area contributed by atoms with Crippen LogP contribution in [0.4, 0.5) is 13.2 Å². The van der Waals surface area contributed by atoms with Crippen molar-refractivity contribution in [1.82, 2.24) is 20.1 Å². The first-order chi connectivity index (χ1) is 21.3. The Hall–Kier alpha value is -2.97. The number of hydrogen-bond donors (Lipinski definition) is 1. The number of rotatable bonds is 7. The number of likely N-dealkylation sites (tertiary alicyclic amines) is 2. The van der Waals surface area contributed by atoms with E-state index in [1.165, 1.54) is 63.7 Å². The molecule has 3 heterocycles. The number of benzene rings is 2. The second-order valence-corrected chi connectivity index (χ2v) is 13.2. The Kier molecular flexibility index (Phi) is 9.57. The Bertz CT molecular complexity index is 1420. The first-order valence-corrected chi connectivity index (χ1v) is 16.6. The average Bonchev–Trinajstić information content (AvgIpc) is 3.05. The Morgan fingerprint density at radius 3 is 2.23 bits per heavy atom. The van der Waals surface area contributed by atoms with E-state index in [0.717, 1.165) is 61.9 Å². The molecule has 0 bridgehead atoms. The largest absolute Gasteiger partial charge is 0.416 e. The van der Waals surface area contributed by atoms with Crippen molar-refractivity contribution < 1.29 is 18.0 Å². The molecule has 0 spiro atoms. The number of halogens is 3. The molecule has 1 saturated carbocycles. The Morgan fingerprint density at radius 1 is 0.886 bits per heavy atom. The van der Waals surface area contributed by atoms with Gasteiger partial charge in [-0.15, -0.1) is 0 Å². The van der Waals surface area contributed by atoms with Gasteiger partial charge in [0.2, 0.25) is 0 Å². The van der Waals surface area contributed by atoms with Crippen LogP contribution >= 0.6 is 0 Å². The maximum Gasteiger partial charge on any atom is 0.416 e. The molecule has 2 aromatic carbocycles. The topological polar surface area (TPSA) is 48.5 Å². The van der Waals surface area contributed by atoms with Crippen LogP contribution in [-0.4, -0.2) is 59.0 Å². The zero-order valence-corrected chi connectivity index (χ0v) is 25.8. The van der Waals surface area contributed by atoms with Gasteiger partial charge in [0.1, 0.15) is 0 Å². The minimum atomic E-state index is -4.42. The molecule has 3 fully saturated rings. The van der Waals surface area contributed by atoms with E-state index >= 15 is 0 Å². The lowest BCUT2D eigenvalue weighted by Gasteiger charge is -2.40. The van der Waals surface area contributed by atoms with Gasteiger partial charge in [-0.1, -0.05) is 56.0 Å². The molecule has 44 heavy (non-hydrogen) atoms. The SMILES string of the molecule is C[C@H](NC(=O)c1c(CN2CCC(N3CCCCC3)CC2)c(-c2ccc(C(F)(F)F)cc2)nc2ccccc12)C1CCCCC1. The molecular formula is C36H45F3N4O. The van der Waals surface area contributed by atoms with Gasteiger partial charge in [0.05, 0.1) is 22.3 Å². The molecule has 2 saturated heterocycles. The number of carbonyl (C=O) groups is 1. The van der Waals surface area contributed by atoms with Crippen LogP contribution in [0.15, 0.2) is 48.5 Å². The minimum Gasteiger partial charge on any atom is -0.349 e. The molecule has 1 atom stereocenters. The summed E-state index contributed by atoms with van der Waals surface area (Å²) in [6.07, 6.45) is 7.49. The van der Waals surface area contributed by atoms with Crippen molar-refractivity contribution in [3.05, 3.63) is 65.2 Å². The first-order valence-electron chi connectivity index (χ1n) is 16.6. The normalized spacial score (nSPS) is 20.5. The fourth-order valence-electron chi connectivity index (χ4n) is 7.70. The van der Waals surface area contributed by atoms with Crippen LogP contribution < -0.4 is 5.32 Å². The van der Waals surface area contributed by atoms with E-state index in [1.54, 1.807) is 0 Å². The summed E-state index contributed by atoms with van der Waals surface area (Å²) in [5.74, 6) is 0.334. The van der Waals surface area contributed by atoms with Crippen molar-refractivity contribution in [3.63, 3.8) is 0 Å². The summed E-state index contributed by atoms with van der Waals surface area (Å²) < 4.78 is 40.4. The van der Waals surface area contributed by atoms with Crippen LogP contribution in [0.1, 0.15) is 92.6 Å². The van der Waals surface area contributed by atoms with E-state index in [9.17, 15) is 18.0 Å². The monoisotopic (exact) mass is 606 g/mol. The number of aromatic nitrogens is 1. The molecule has 0 unspecified atom stereocenters. The predicted molar refractivity (Wildman–Crippen MR) is 169 cm³/mol. The molecule has 6 rings (SSSR count). The van der Waals surface area contributed by atoms with Crippen molar-refractivity contribution in [2.45, 2.75) is 95.9 Å². The molecule has 1 aliphatic carbocycles. The van der Waals surface area contributed by atoms with E-state index in [4.69, 9.17) is 4.98 Å². The van der Waals surface area contributed by atoms with Gasteiger partial charge in [-0.3, -0.25) is 9.69 Å². The molecule has 3 aromatic rings. The third kappa shape index (κ3) is 6.96. The van der Waals surface area contributed by atoms with E-state index in [-0.39, 0.29) is 11.9 Å². The standard InChI is InChI=1S/C36H45F3N4O/c1-25(26-10-4-2-5-11-26)40-35(44)33-30-12-6-7-13-32(30)41-34(27-14-16-28(17-15-27)36(37,38)39)31(33)24-42-22-18-29(19-23-42)43-20-8-3-9-21-43/h6-7,12-17,25-26,29H,2-5,8-11,18-24H2,1H3,(H,40,44)/t25-/m0/s1. The van der Waals surface area contributed by atoms with Gasteiger partial charge in [0, 0.05) is 35.1 Å². The summed E-state index contributed by atoms with van der Waals surface area (Å²) in [4.78, 5) is 24.4. The molecule has 0 radical (unpaired) electrons. The molecule has 1 N–H and O–H groups in total. The molecule has 1 amide bonds. The fourth-order valence-corrected chi connectivity index (χ4v) is 7.70. The Balaban J connectivity index is 1.36. The molecule has 5 nitrogen and oxygen atoms in total. The van der Waals surface area contributed by atoms with E-state index < -0.39 is 11.7 Å². The maximum absolute atomic E-state index is 14.3. The third-order valence-electron chi connectivity index (χ3n) is 10.3. The first kappa shape index (κ1) is 31.0. The van der Waals surface area contributed by atoms with Crippen molar-refractivity contribution in [2.24, 2.45) is 5.92 Å². The smallest absolute Gasteiger partial charge is 0.349 e. The summed E-state index contributed by atoms with van der Waals surface area (Å²) in [5, 5.41) is 4.14. The molecule has 8 heteroatoms. The van der Waals surface area contributed by atoms with Crippen molar-refractivity contribution in [3.8, 4) is 11.3 Å². The lowest BCUT2D eigenvalue weighted by Crippen LogP contribution is -2.46. The summed E-state index contributed by atoms with van der Waals surface area (Å²) in [6.45, 7) is 6.84. The highest BCUT2D eigenvalue weighted by atomic mass is 19.4. The Labute approximate surface area is 259 Å². The summed E-state index contributed by atoms with van der Waals surface area (Å²) in [6, 6.07) is 13.5. The average molecular weight is 607 g/mol. The number of piperidine rings is 2. The van der Waals surface area contributed by atoms with Gasteiger partial charge in [-0.05, 0) is 95.7 Å². The van der Waals surface area contributed by atoms with Gasteiger partial charge >= 0.3 is 6.18 Å². The third-order valence-corrected chi connectivity index (χ3v) is 10.3. The zero-order chi connectivity index (χ0) is 30.7.